The van der Waals surface area contributed by atoms with E-state index in [0.717, 1.165) is 25.0 Å². The summed E-state index contributed by atoms with van der Waals surface area (Å²) in [6.07, 6.45) is 3.32. The maximum Gasteiger partial charge on any atom is 0.169 e. The second kappa shape index (κ2) is 5.12. The molecule has 1 heterocycles. The molecule has 0 aromatic carbocycles. The second-order valence-corrected chi connectivity index (χ2v) is 6.41. The van der Waals surface area contributed by atoms with Crippen molar-refractivity contribution in [1.82, 2.24) is 0 Å². The summed E-state index contributed by atoms with van der Waals surface area (Å²) in [4.78, 5) is 0. The van der Waals surface area contributed by atoms with Crippen LogP contribution in [-0.4, -0.2) is 40.3 Å². The Morgan fingerprint density at radius 2 is 2.12 bits per heavy atom. The summed E-state index contributed by atoms with van der Waals surface area (Å²) in [5, 5.41) is 0.0341. The molecule has 2 aliphatic rings. The zero-order valence-electron chi connectivity index (χ0n) is 9.81. The maximum atomic E-state index is 12.1. The van der Waals surface area contributed by atoms with Gasteiger partial charge >= 0.3 is 0 Å². The van der Waals surface area contributed by atoms with Gasteiger partial charge in [0.15, 0.2) is 5.79 Å². The Hall–Kier alpha value is 0.0300. The minimum absolute atomic E-state index is 0.0332. The molecule has 1 aliphatic heterocycles. The zero-order valence-corrected chi connectivity index (χ0v) is 10.6. The third-order valence-electron chi connectivity index (χ3n) is 3.40. The molecule has 16 heavy (non-hydrogen) atoms. The third-order valence-corrected chi connectivity index (χ3v) is 5.41. The Morgan fingerprint density at radius 3 is 2.75 bits per heavy atom. The minimum Gasteiger partial charge on any atom is -0.347 e. The molecule has 0 amide bonds. The summed E-state index contributed by atoms with van der Waals surface area (Å²) in [5.41, 5.74) is 6.06. The van der Waals surface area contributed by atoms with Crippen molar-refractivity contribution in [2.45, 2.75) is 49.7 Å². The van der Waals surface area contributed by atoms with Crippen molar-refractivity contribution in [3.63, 3.8) is 0 Å². The van der Waals surface area contributed by atoms with Crippen molar-refractivity contribution in [1.29, 1.82) is 0 Å². The van der Waals surface area contributed by atoms with E-state index < -0.39 is 16.6 Å². The monoisotopic (exact) mass is 247 g/mol. The van der Waals surface area contributed by atoms with Crippen LogP contribution < -0.4 is 5.73 Å². The van der Waals surface area contributed by atoms with Crippen LogP contribution in [0.2, 0.25) is 0 Å². The van der Waals surface area contributed by atoms with Crippen molar-refractivity contribution in [2.75, 3.05) is 19.0 Å². The normalized spacial score (nSPS) is 35.4. The van der Waals surface area contributed by atoms with Gasteiger partial charge in [-0.25, -0.2) is 0 Å². The molecular weight excluding hydrogens is 226 g/mol. The average molecular weight is 247 g/mol. The van der Waals surface area contributed by atoms with Gasteiger partial charge < -0.3 is 15.2 Å². The summed E-state index contributed by atoms with van der Waals surface area (Å²) < 4.78 is 23.4. The number of hydrogen-bond donors (Lipinski definition) is 1. The maximum absolute atomic E-state index is 12.1. The molecule has 4 nitrogen and oxygen atoms in total. The molecule has 0 bridgehead atoms. The second-order valence-electron chi connectivity index (χ2n) is 4.64. The number of hydrogen-bond acceptors (Lipinski definition) is 4. The summed E-state index contributed by atoms with van der Waals surface area (Å²) in [6, 6.07) is 0.0332. The lowest BCUT2D eigenvalue weighted by atomic mass is 9.90. The van der Waals surface area contributed by atoms with E-state index in [9.17, 15) is 4.21 Å². The van der Waals surface area contributed by atoms with Crippen LogP contribution in [0, 0.1) is 0 Å². The van der Waals surface area contributed by atoms with Crippen LogP contribution in [0.15, 0.2) is 0 Å². The first-order chi connectivity index (χ1) is 7.67. The first-order valence-electron chi connectivity index (χ1n) is 6.07. The average Bonchev–Trinajstić information content (AvgIpc) is 2.71. The Kier molecular flexibility index (Phi) is 4.00. The SMILES string of the molecule is CCCS(=O)C1CC2(CCC1N)OCCO2. The summed E-state index contributed by atoms with van der Waals surface area (Å²) in [7, 11) is -0.844. The molecule has 3 atom stereocenters. The van der Waals surface area contributed by atoms with Gasteiger partial charge in [0, 0.05) is 35.4 Å². The molecule has 2 rings (SSSR count). The lowest BCUT2D eigenvalue weighted by Gasteiger charge is -2.39. The molecule has 1 saturated heterocycles. The number of ether oxygens (including phenoxy) is 2. The smallest absolute Gasteiger partial charge is 0.169 e. The molecule has 0 radical (unpaired) electrons. The first-order valence-corrected chi connectivity index (χ1v) is 7.46. The predicted octanol–water partition coefficient (Wildman–Crippen LogP) is 0.768. The summed E-state index contributed by atoms with van der Waals surface area (Å²) in [5.74, 6) is 0.262. The van der Waals surface area contributed by atoms with E-state index in [-0.39, 0.29) is 11.3 Å². The molecule has 2 N–H and O–H groups in total. The topological polar surface area (TPSA) is 61.6 Å². The van der Waals surface area contributed by atoms with Crippen LogP contribution >= 0.6 is 0 Å². The van der Waals surface area contributed by atoms with Crippen molar-refractivity contribution in [3.8, 4) is 0 Å². The number of rotatable bonds is 3. The highest BCUT2D eigenvalue weighted by atomic mass is 32.2. The van der Waals surface area contributed by atoms with Crippen LogP contribution in [-0.2, 0) is 20.3 Å². The molecule has 94 valence electrons. The van der Waals surface area contributed by atoms with Gasteiger partial charge in [0.2, 0.25) is 0 Å². The van der Waals surface area contributed by atoms with Crippen LogP contribution in [0.3, 0.4) is 0 Å². The van der Waals surface area contributed by atoms with E-state index >= 15 is 0 Å². The Morgan fingerprint density at radius 1 is 1.44 bits per heavy atom. The van der Waals surface area contributed by atoms with Gasteiger partial charge in [-0.2, -0.15) is 0 Å². The molecule has 2 fully saturated rings. The zero-order chi connectivity index (χ0) is 11.6. The standard InChI is InChI=1S/C11H21NO3S/c1-2-7-16(13)10-8-11(4-3-9(10)12)14-5-6-15-11/h9-10H,2-8,12H2,1H3. The Bertz CT molecular complexity index is 266. The molecule has 1 saturated carbocycles. The van der Waals surface area contributed by atoms with E-state index in [2.05, 4.69) is 0 Å². The fraction of sp³-hybridized carbons (Fsp3) is 1.00. The van der Waals surface area contributed by atoms with E-state index in [1.54, 1.807) is 0 Å². The van der Waals surface area contributed by atoms with Crippen molar-refractivity contribution in [2.24, 2.45) is 5.73 Å². The van der Waals surface area contributed by atoms with Gasteiger partial charge in [-0.3, -0.25) is 4.21 Å². The number of nitrogens with two attached hydrogens (primary N) is 1. The molecular formula is C11H21NO3S. The quantitative estimate of drug-likeness (QED) is 0.800. The van der Waals surface area contributed by atoms with Gasteiger partial charge in [0.05, 0.1) is 18.5 Å². The summed E-state index contributed by atoms with van der Waals surface area (Å²) in [6.45, 7) is 3.36. The highest BCUT2D eigenvalue weighted by molar-refractivity contribution is 7.85. The lowest BCUT2D eigenvalue weighted by molar-refractivity contribution is -0.177. The molecule has 1 spiro atoms. The van der Waals surface area contributed by atoms with Crippen LogP contribution in [0.1, 0.15) is 32.6 Å². The Balaban J connectivity index is 2.02. The van der Waals surface area contributed by atoms with E-state index in [4.69, 9.17) is 15.2 Å². The highest BCUT2D eigenvalue weighted by Gasteiger charge is 2.45. The predicted molar refractivity (Wildman–Crippen MR) is 63.5 cm³/mol. The fourth-order valence-electron chi connectivity index (χ4n) is 2.53. The van der Waals surface area contributed by atoms with Gasteiger partial charge in [-0.1, -0.05) is 6.92 Å². The molecule has 0 aromatic rings. The van der Waals surface area contributed by atoms with E-state index in [0.29, 0.717) is 19.6 Å². The van der Waals surface area contributed by atoms with E-state index in [1.165, 1.54) is 0 Å². The molecule has 0 aromatic heterocycles. The fourth-order valence-corrected chi connectivity index (χ4v) is 4.20. The highest BCUT2D eigenvalue weighted by Crippen LogP contribution is 2.37. The van der Waals surface area contributed by atoms with Gasteiger partial charge in [0.25, 0.3) is 0 Å². The van der Waals surface area contributed by atoms with Gasteiger partial charge in [-0.15, -0.1) is 0 Å². The van der Waals surface area contributed by atoms with Crippen molar-refractivity contribution < 1.29 is 13.7 Å². The Labute approximate surface area is 99.3 Å². The molecule has 1 aliphatic carbocycles. The minimum atomic E-state index is -0.844. The van der Waals surface area contributed by atoms with Crippen LogP contribution in [0.5, 0.6) is 0 Å². The van der Waals surface area contributed by atoms with Gasteiger partial charge in [-0.05, 0) is 12.8 Å². The summed E-state index contributed by atoms with van der Waals surface area (Å²) >= 11 is 0. The van der Waals surface area contributed by atoms with Gasteiger partial charge in [0.1, 0.15) is 0 Å². The van der Waals surface area contributed by atoms with Crippen LogP contribution in [0.4, 0.5) is 0 Å². The largest absolute Gasteiger partial charge is 0.347 e. The molecule has 5 heteroatoms. The lowest BCUT2D eigenvalue weighted by Crippen LogP contribution is -2.51. The third kappa shape index (κ3) is 2.47. The van der Waals surface area contributed by atoms with Crippen LogP contribution in [0.25, 0.3) is 0 Å². The molecule has 3 unspecified atom stereocenters. The first kappa shape index (κ1) is 12.5. The van der Waals surface area contributed by atoms with Crippen molar-refractivity contribution in [3.05, 3.63) is 0 Å². The van der Waals surface area contributed by atoms with E-state index in [1.807, 2.05) is 6.92 Å². The van der Waals surface area contributed by atoms with Crippen molar-refractivity contribution >= 4 is 10.8 Å².